The van der Waals surface area contributed by atoms with Crippen molar-refractivity contribution in [1.82, 2.24) is 20.2 Å². The molecule has 2 aromatic heterocycles. The van der Waals surface area contributed by atoms with Gasteiger partial charge < -0.3 is 15.0 Å². The van der Waals surface area contributed by atoms with E-state index in [1.54, 1.807) is 6.20 Å². The molecule has 2 bridgehead atoms. The van der Waals surface area contributed by atoms with Gasteiger partial charge in [0, 0.05) is 42.9 Å². The molecular formula is C19H24N4O2S. The van der Waals surface area contributed by atoms with E-state index in [1.807, 2.05) is 11.3 Å². The third-order valence-electron chi connectivity index (χ3n) is 6.43. The summed E-state index contributed by atoms with van der Waals surface area (Å²) in [4.78, 5) is 23.0. The lowest BCUT2D eigenvalue weighted by Crippen LogP contribution is -2.42. The summed E-state index contributed by atoms with van der Waals surface area (Å²) in [7, 11) is 0. The number of hydrogen-bond donors (Lipinski definition) is 2. The Labute approximate surface area is 157 Å². The van der Waals surface area contributed by atoms with Gasteiger partial charge in [-0.05, 0) is 36.8 Å². The van der Waals surface area contributed by atoms with Crippen molar-refractivity contribution in [3.05, 3.63) is 40.1 Å². The first-order valence-corrected chi connectivity index (χ1v) is 10.2. The third kappa shape index (κ3) is 2.61. The Hall–Kier alpha value is -1.70. The van der Waals surface area contributed by atoms with E-state index in [-0.39, 0.29) is 11.5 Å². The Morgan fingerprint density at radius 3 is 3.27 bits per heavy atom. The van der Waals surface area contributed by atoms with Crippen molar-refractivity contribution >= 4 is 17.2 Å². The van der Waals surface area contributed by atoms with Crippen LogP contribution in [0.5, 0.6) is 0 Å². The van der Waals surface area contributed by atoms with E-state index in [1.165, 1.54) is 16.8 Å². The molecule has 4 atom stereocenters. The van der Waals surface area contributed by atoms with Gasteiger partial charge in [0.25, 0.3) is 5.91 Å². The molecule has 0 aliphatic carbocycles. The van der Waals surface area contributed by atoms with E-state index >= 15 is 0 Å². The van der Waals surface area contributed by atoms with Crippen LogP contribution in [0.15, 0.2) is 24.0 Å². The minimum Gasteiger partial charge on any atom is -0.370 e. The average Bonchev–Trinajstić information content (AvgIpc) is 3.41. The van der Waals surface area contributed by atoms with Crippen molar-refractivity contribution in [2.75, 3.05) is 19.6 Å². The SMILES string of the molecule is Cc1ccsc1CN1C[C@@H]2[C@H](CNC(=O)c3cnc[nH]3)[C@H]3CC[C@]2(C1)O3. The Morgan fingerprint density at radius 1 is 1.58 bits per heavy atom. The van der Waals surface area contributed by atoms with Gasteiger partial charge in [-0.2, -0.15) is 0 Å². The van der Waals surface area contributed by atoms with Crippen LogP contribution in [0.25, 0.3) is 0 Å². The number of imidazole rings is 1. The monoisotopic (exact) mass is 372 g/mol. The third-order valence-corrected chi connectivity index (χ3v) is 7.44. The van der Waals surface area contributed by atoms with Crippen molar-refractivity contribution in [2.45, 2.75) is 38.0 Å². The highest BCUT2D eigenvalue weighted by molar-refractivity contribution is 7.10. The second kappa shape index (κ2) is 6.18. The van der Waals surface area contributed by atoms with Crippen LogP contribution in [-0.4, -0.2) is 52.1 Å². The lowest BCUT2D eigenvalue weighted by Gasteiger charge is -2.29. The van der Waals surface area contributed by atoms with E-state index in [9.17, 15) is 4.79 Å². The zero-order valence-electron chi connectivity index (χ0n) is 14.9. The Bertz CT molecular complexity index is 804. The van der Waals surface area contributed by atoms with Crippen LogP contribution in [0, 0.1) is 18.8 Å². The molecule has 3 fully saturated rings. The number of amides is 1. The standard InChI is InChI=1S/C19H24N4O2S/c1-12-3-5-26-17(12)9-23-8-14-13(16-2-4-19(14,10-23)25-16)6-21-18(24)15-7-20-11-22-15/h3,5,7,11,13-14,16H,2,4,6,8-10H2,1H3,(H,20,22)(H,21,24)/t13-,14+,16+,19+/m0/s1. The normalized spacial score (nSPS) is 32.9. The van der Waals surface area contributed by atoms with E-state index in [0.717, 1.165) is 32.5 Å². The number of nitrogens with one attached hydrogen (secondary N) is 2. The van der Waals surface area contributed by atoms with Crippen LogP contribution >= 0.6 is 11.3 Å². The molecule has 0 saturated carbocycles. The summed E-state index contributed by atoms with van der Waals surface area (Å²) in [5.41, 5.74) is 1.92. The van der Waals surface area contributed by atoms with Crippen LogP contribution in [0.3, 0.4) is 0 Å². The van der Waals surface area contributed by atoms with E-state index < -0.39 is 0 Å². The van der Waals surface area contributed by atoms with Crippen LogP contribution in [0.1, 0.15) is 33.8 Å². The van der Waals surface area contributed by atoms with Gasteiger partial charge in [0.1, 0.15) is 5.69 Å². The molecule has 0 unspecified atom stereocenters. The fraction of sp³-hybridized carbons (Fsp3) is 0.579. The van der Waals surface area contributed by atoms with Gasteiger partial charge in [0.05, 0.1) is 24.2 Å². The van der Waals surface area contributed by atoms with Gasteiger partial charge in [-0.25, -0.2) is 4.98 Å². The molecule has 7 heteroatoms. The lowest BCUT2D eigenvalue weighted by molar-refractivity contribution is 0.00218. The van der Waals surface area contributed by atoms with Gasteiger partial charge in [0.15, 0.2) is 0 Å². The summed E-state index contributed by atoms with van der Waals surface area (Å²) >= 11 is 1.85. The molecule has 2 aromatic rings. The van der Waals surface area contributed by atoms with Gasteiger partial charge in [-0.15, -0.1) is 11.3 Å². The summed E-state index contributed by atoms with van der Waals surface area (Å²) in [5, 5.41) is 5.26. The second-order valence-electron chi connectivity index (χ2n) is 7.90. The highest BCUT2D eigenvalue weighted by Crippen LogP contribution is 2.54. The van der Waals surface area contributed by atoms with Crippen molar-refractivity contribution in [1.29, 1.82) is 0 Å². The number of nitrogens with zero attached hydrogens (tertiary/aromatic N) is 2. The minimum atomic E-state index is -0.0802. The lowest BCUT2D eigenvalue weighted by atomic mass is 9.73. The molecule has 3 aliphatic rings. The first kappa shape index (κ1) is 16.5. The van der Waals surface area contributed by atoms with E-state index in [0.29, 0.717) is 30.2 Å². The summed E-state index contributed by atoms with van der Waals surface area (Å²) in [6.45, 7) is 5.98. The Balaban J connectivity index is 1.26. The molecule has 1 amide bonds. The van der Waals surface area contributed by atoms with Crippen LogP contribution in [-0.2, 0) is 11.3 Å². The van der Waals surface area contributed by atoms with Crippen LogP contribution in [0.2, 0.25) is 0 Å². The van der Waals surface area contributed by atoms with Crippen LogP contribution < -0.4 is 5.32 Å². The predicted octanol–water partition coefficient (Wildman–Crippen LogP) is 2.19. The number of H-pyrrole nitrogens is 1. The van der Waals surface area contributed by atoms with Crippen molar-refractivity contribution in [3.8, 4) is 0 Å². The average molecular weight is 372 g/mol. The van der Waals surface area contributed by atoms with Gasteiger partial charge in [0.2, 0.25) is 0 Å². The number of fused-ring (bicyclic) bond motifs is 1. The number of likely N-dealkylation sites (tertiary alicyclic amines) is 1. The van der Waals surface area contributed by atoms with Gasteiger partial charge >= 0.3 is 0 Å². The topological polar surface area (TPSA) is 70.2 Å². The maximum atomic E-state index is 12.2. The molecule has 1 spiro atoms. The smallest absolute Gasteiger partial charge is 0.269 e. The summed E-state index contributed by atoms with van der Waals surface area (Å²) < 4.78 is 6.49. The predicted molar refractivity (Wildman–Crippen MR) is 99.1 cm³/mol. The molecule has 2 N–H and O–H groups in total. The number of ether oxygens (including phenoxy) is 1. The first-order chi connectivity index (χ1) is 12.6. The largest absolute Gasteiger partial charge is 0.370 e. The molecule has 0 radical (unpaired) electrons. The number of carbonyl (C=O) groups excluding carboxylic acids is 1. The Morgan fingerprint density at radius 2 is 2.50 bits per heavy atom. The summed E-state index contributed by atoms with van der Waals surface area (Å²) in [6.07, 6.45) is 5.67. The maximum absolute atomic E-state index is 12.2. The number of thiophene rings is 1. The molecule has 0 aromatic carbocycles. The molecule has 3 saturated heterocycles. The van der Waals surface area contributed by atoms with E-state index in [4.69, 9.17) is 4.74 Å². The zero-order valence-corrected chi connectivity index (χ0v) is 15.7. The molecule has 6 nitrogen and oxygen atoms in total. The van der Waals surface area contributed by atoms with Crippen LogP contribution in [0.4, 0.5) is 0 Å². The quantitative estimate of drug-likeness (QED) is 0.844. The number of rotatable bonds is 5. The fourth-order valence-corrected chi connectivity index (χ4v) is 6.08. The molecule has 5 heterocycles. The van der Waals surface area contributed by atoms with Gasteiger partial charge in [-0.3, -0.25) is 9.69 Å². The summed E-state index contributed by atoms with van der Waals surface area (Å²) in [5.74, 6) is 0.844. The van der Waals surface area contributed by atoms with Gasteiger partial charge in [-0.1, -0.05) is 0 Å². The molecule has 3 aliphatic heterocycles. The van der Waals surface area contributed by atoms with E-state index in [2.05, 4.69) is 38.6 Å². The molecule has 26 heavy (non-hydrogen) atoms. The fourth-order valence-electron chi connectivity index (χ4n) is 5.14. The molecule has 138 valence electrons. The highest BCUT2D eigenvalue weighted by Gasteiger charge is 2.62. The molecule has 5 rings (SSSR count). The Kier molecular flexibility index (Phi) is 3.92. The number of aromatic amines is 1. The maximum Gasteiger partial charge on any atom is 0.269 e. The number of hydrogen-bond acceptors (Lipinski definition) is 5. The van der Waals surface area contributed by atoms with Crippen molar-refractivity contribution in [3.63, 3.8) is 0 Å². The van der Waals surface area contributed by atoms with Crippen molar-refractivity contribution in [2.24, 2.45) is 11.8 Å². The highest BCUT2D eigenvalue weighted by atomic mass is 32.1. The first-order valence-electron chi connectivity index (χ1n) is 9.34. The number of aryl methyl sites for hydroxylation is 1. The number of carbonyl (C=O) groups is 1. The second-order valence-corrected chi connectivity index (χ2v) is 8.90. The number of aromatic nitrogens is 2. The molecular weight excluding hydrogens is 348 g/mol. The summed E-state index contributed by atoms with van der Waals surface area (Å²) in [6, 6.07) is 2.20. The minimum absolute atomic E-state index is 0.0131. The zero-order chi connectivity index (χ0) is 17.7. The van der Waals surface area contributed by atoms with Crippen molar-refractivity contribution < 1.29 is 9.53 Å².